The fourth-order valence-corrected chi connectivity index (χ4v) is 2.93. The Morgan fingerprint density at radius 3 is 2.64 bits per heavy atom. The van der Waals surface area contributed by atoms with Crippen LogP contribution in [-0.2, 0) is 16.1 Å². The highest BCUT2D eigenvalue weighted by atomic mass is 79.9. The van der Waals surface area contributed by atoms with Gasteiger partial charge in [-0.1, -0.05) is 15.9 Å². The van der Waals surface area contributed by atoms with Crippen molar-refractivity contribution in [3.63, 3.8) is 0 Å². The normalized spacial score (nSPS) is 20.9. The lowest BCUT2D eigenvalue weighted by atomic mass is 10.1. The maximum absolute atomic E-state index is 11.1. The zero-order valence-corrected chi connectivity index (χ0v) is 14.3. The summed E-state index contributed by atoms with van der Waals surface area (Å²) in [6.45, 7) is 1.33. The van der Waals surface area contributed by atoms with Crippen LogP contribution in [0.4, 0.5) is 0 Å². The molecule has 0 aliphatic carbocycles. The van der Waals surface area contributed by atoms with Gasteiger partial charge >= 0.3 is 0 Å². The number of nitrogens with two attached hydrogens (primary N) is 1. The fourth-order valence-electron chi connectivity index (χ4n) is 2.46. The second-order valence-corrected chi connectivity index (χ2v) is 6.01. The van der Waals surface area contributed by atoms with Crippen molar-refractivity contribution in [2.45, 2.75) is 31.6 Å². The molecule has 6 nitrogen and oxygen atoms in total. The van der Waals surface area contributed by atoms with Crippen LogP contribution in [0.5, 0.6) is 11.5 Å². The Balaban J connectivity index is 1.88. The molecule has 1 aromatic rings. The molecule has 22 heavy (non-hydrogen) atoms. The summed E-state index contributed by atoms with van der Waals surface area (Å²) in [5.74, 6) is 0.986. The highest BCUT2D eigenvalue weighted by Gasteiger charge is 2.28. The van der Waals surface area contributed by atoms with Crippen molar-refractivity contribution in [1.82, 2.24) is 5.32 Å². The molecule has 2 rings (SSSR count). The van der Waals surface area contributed by atoms with E-state index >= 15 is 0 Å². The van der Waals surface area contributed by atoms with Crippen LogP contribution in [0.15, 0.2) is 16.6 Å². The standard InChI is InChI=1S/C15H21BrN2O4/c1-20-13-5-9(11(16)6-14(13)21-2)7-18-8-10-3-4-12(22-10)15(17)19/h5-6,10,12,18H,3-4,7-8H2,1-2H3,(H2,17,19)/t10-,12+/m0/s1. The molecule has 1 aromatic carbocycles. The number of amides is 1. The molecular weight excluding hydrogens is 352 g/mol. The van der Waals surface area contributed by atoms with Crippen LogP contribution in [-0.4, -0.2) is 38.9 Å². The van der Waals surface area contributed by atoms with Gasteiger partial charge in [0.15, 0.2) is 11.5 Å². The lowest BCUT2D eigenvalue weighted by Gasteiger charge is -2.15. The third kappa shape index (κ3) is 4.12. The van der Waals surface area contributed by atoms with E-state index in [0.29, 0.717) is 31.0 Å². The van der Waals surface area contributed by atoms with Crippen molar-refractivity contribution >= 4 is 21.8 Å². The summed E-state index contributed by atoms with van der Waals surface area (Å²) < 4.78 is 17.1. The molecule has 0 aromatic heterocycles. The van der Waals surface area contributed by atoms with Gasteiger partial charge in [0, 0.05) is 17.6 Å². The molecule has 2 atom stereocenters. The monoisotopic (exact) mass is 372 g/mol. The predicted molar refractivity (Wildman–Crippen MR) is 86.0 cm³/mol. The van der Waals surface area contributed by atoms with E-state index in [9.17, 15) is 4.79 Å². The van der Waals surface area contributed by atoms with Crippen molar-refractivity contribution in [2.24, 2.45) is 5.73 Å². The quantitative estimate of drug-likeness (QED) is 0.759. The Labute approximate surface area is 138 Å². The van der Waals surface area contributed by atoms with Crippen LogP contribution < -0.4 is 20.5 Å². The van der Waals surface area contributed by atoms with Crippen LogP contribution in [0.1, 0.15) is 18.4 Å². The summed E-state index contributed by atoms with van der Waals surface area (Å²) in [7, 11) is 3.22. The second kappa shape index (κ2) is 7.80. The van der Waals surface area contributed by atoms with E-state index in [2.05, 4.69) is 21.2 Å². The largest absolute Gasteiger partial charge is 0.493 e. The van der Waals surface area contributed by atoms with Crippen molar-refractivity contribution in [2.75, 3.05) is 20.8 Å². The Kier molecular flexibility index (Phi) is 6.05. The van der Waals surface area contributed by atoms with Gasteiger partial charge in [-0.15, -0.1) is 0 Å². The number of carbonyl (C=O) groups excluding carboxylic acids is 1. The van der Waals surface area contributed by atoms with E-state index in [0.717, 1.165) is 16.5 Å². The number of primary amides is 1. The van der Waals surface area contributed by atoms with Crippen molar-refractivity contribution in [3.8, 4) is 11.5 Å². The third-order valence-corrected chi connectivity index (χ3v) is 4.40. The van der Waals surface area contributed by atoms with Crippen LogP contribution in [0.25, 0.3) is 0 Å². The molecule has 1 fully saturated rings. The lowest BCUT2D eigenvalue weighted by molar-refractivity contribution is -0.128. The summed E-state index contributed by atoms with van der Waals surface area (Å²) in [5, 5.41) is 3.33. The molecule has 0 spiro atoms. The van der Waals surface area contributed by atoms with Gasteiger partial charge in [0.25, 0.3) is 0 Å². The average molecular weight is 373 g/mol. The number of rotatable bonds is 7. The minimum Gasteiger partial charge on any atom is -0.493 e. The van der Waals surface area contributed by atoms with Gasteiger partial charge in [-0.2, -0.15) is 0 Å². The first-order valence-corrected chi connectivity index (χ1v) is 7.90. The fraction of sp³-hybridized carbons (Fsp3) is 0.533. The molecule has 0 radical (unpaired) electrons. The van der Waals surface area contributed by atoms with E-state index in [1.54, 1.807) is 14.2 Å². The van der Waals surface area contributed by atoms with Gasteiger partial charge < -0.3 is 25.3 Å². The molecule has 1 amide bonds. The topological polar surface area (TPSA) is 82.8 Å². The molecule has 3 N–H and O–H groups in total. The van der Waals surface area contributed by atoms with Crippen LogP contribution in [0, 0.1) is 0 Å². The molecular formula is C15H21BrN2O4. The Bertz CT molecular complexity index is 539. The SMILES string of the molecule is COc1cc(Br)c(CNC[C@@H]2CC[C@H](C(N)=O)O2)cc1OC. The van der Waals surface area contributed by atoms with E-state index in [-0.39, 0.29) is 12.0 Å². The Morgan fingerprint density at radius 1 is 1.36 bits per heavy atom. The first-order chi connectivity index (χ1) is 10.5. The number of ether oxygens (including phenoxy) is 3. The maximum atomic E-state index is 11.1. The molecule has 1 saturated heterocycles. The predicted octanol–water partition coefficient (Wildman–Crippen LogP) is 1.59. The van der Waals surface area contributed by atoms with E-state index in [1.165, 1.54) is 0 Å². The van der Waals surface area contributed by atoms with Gasteiger partial charge in [0.2, 0.25) is 5.91 Å². The Hall–Kier alpha value is -1.31. The van der Waals surface area contributed by atoms with E-state index < -0.39 is 6.10 Å². The van der Waals surface area contributed by atoms with Gasteiger partial charge in [-0.05, 0) is 30.5 Å². The van der Waals surface area contributed by atoms with Crippen molar-refractivity contribution in [3.05, 3.63) is 22.2 Å². The zero-order valence-electron chi connectivity index (χ0n) is 12.7. The number of nitrogens with one attached hydrogen (secondary N) is 1. The van der Waals surface area contributed by atoms with Crippen LogP contribution >= 0.6 is 15.9 Å². The summed E-state index contributed by atoms with van der Waals surface area (Å²) in [6, 6.07) is 3.81. The van der Waals surface area contributed by atoms with Gasteiger partial charge in [0.05, 0.1) is 20.3 Å². The number of methoxy groups -OCH3 is 2. The molecule has 0 saturated carbocycles. The first-order valence-electron chi connectivity index (χ1n) is 7.11. The van der Waals surface area contributed by atoms with Gasteiger partial charge in [-0.3, -0.25) is 4.79 Å². The van der Waals surface area contributed by atoms with Crippen molar-refractivity contribution in [1.29, 1.82) is 0 Å². The summed E-state index contributed by atoms with van der Waals surface area (Å²) in [6.07, 6.45) is 1.12. The average Bonchev–Trinajstić information content (AvgIpc) is 2.97. The highest BCUT2D eigenvalue weighted by molar-refractivity contribution is 9.10. The second-order valence-electron chi connectivity index (χ2n) is 5.16. The summed E-state index contributed by atoms with van der Waals surface area (Å²) in [4.78, 5) is 11.1. The summed E-state index contributed by atoms with van der Waals surface area (Å²) >= 11 is 3.53. The number of hydrogen-bond acceptors (Lipinski definition) is 5. The number of carbonyl (C=O) groups is 1. The summed E-state index contributed by atoms with van der Waals surface area (Å²) in [5.41, 5.74) is 6.30. The highest BCUT2D eigenvalue weighted by Crippen LogP contribution is 2.33. The minimum atomic E-state index is -0.445. The molecule has 1 aliphatic heterocycles. The van der Waals surface area contributed by atoms with Gasteiger partial charge in [-0.25, -0.2) is 0 Å². The zero-order chi connectivity index (χ0) is 16.1. The number of halogens is 1. The van der Waals surface area contributed by atoms with E-state index in [4.69, 9.17) is 19.9 Å². The van der Waals surface area contributed by atoms with Gasteiger partial charge in [0.1, 0.15) is 6.10 Å². The third-order valence-electron chi connectivity index (χ3n) is 3.66. The maximum Gasteiger partial charge on any atom is 0.246 e. The Morgan fingerprint density at radius 2 is 2.05 bits per heavy atom. The minimum absolute atomic E-state index is 0.0245. The smallest absolute Gasteiger partial charge is 0.246 e. The number of benzene rings is 1. The molecule has 0 unspecified atom stereocenters. The van der Waals surface area contributed by atoms with E-state index in [1.807, 2.05) is 12.1 Å². The molecule has 0 bridgehead atoms. The van der Waals surface area contributed by atoms with Crippen LogP contribution in [0.3, 0.4) is 0 Å². The molecule has 7 heteroatoms. The van der Waals surface area contributed by atoms with Crippen molar-refractivity contribution < 1.29 is 19.0 Å². The molecule has 122 valence electrons. The number of hydrogen-bond donors (Lipinski definition) is 2. The van der Waals surface area contributed by atoms with Crippen LogP contribution in [0.2, 0.25) is 0 Å². The first kappa shape index (κ1) is 17.1. The molecule has 1 heterocycles. The lowest BCUT2D eigenvalue weighted by Crippen LogP contribution is -2.31. The molecule has 1 aliphatic rings.